The first-order valence-corrected chi connectivity index (χ1v) is 5.37. The molecule has 1 aromatic heterocycles. The van der Waals surface area contributed by atoms with Crippen molar-refractivity contribution in [1.29, 1.82) is 0 Å². The second kappa shape index (κ2) is 4.62. The molecule has 14 heavy (non-hydrogen) atoms. The van der Waals surface area contributed by atoms with Crippen molar-refractivity contribution in [2.45, 2.75) is 13.1 Å². The molecule has 0 unspecified atom stereocenters. The average Bonchev–Trinajstić information content (AvgIpc) is 2.65. The minimum absolute atomic E-state index is 0.600. The molecule has 0 radical (unpaired) electrons. The number of nitrogens with zero attached hydrogens (tertiary/aromatic N) is 3. The lowest BCUT2D eigenvalue weighted by molar-refractivity contribution is 0.239. The van der Waals surface area contributed by atoms with Gasteiger partial charge in [0.05, 0.1) is 6.54 Å². The van der Waals surface area contributed by atoms with Crippen LogP contribution in [0.1, 0.15) is 5.82 Å². The summed E-state index contributed by atoms with van der Waals surface area (Å²) in [6.07, 6.45) is 8.02. The predicted octanol–water partition coefficient (Wildman–Crippen LogP) is 1.49. The van der Waals surface area contributed by atoms with Gasteiger partial charge in [-0.3, -0.25) is 4.90 Å². The Labute approximate surface area is 89.0 Å². The Bertz CT molecular complexity index is 319. The van der Waals surface area contributed by atoms with E-state index in [4.69, 9.17) is 11.6 Å². The summed E-state index contributed by atoms with van der Waals surface area (Å²) in [4.78, 5) is 6.67. The van der Waals surface area contributed by atoms with Gasteiger partial charge < -0.3 is 4.57 Å². The third-order valence-corrected chi connectivity index (χ3v) is 2.62. The molecule has 0 aromatic carbocycles. The van der Waals surface area contributed by atoms with E-state index < -0.39 is 0 Å². The number of aromatic nitrogens is 2. The van der Waals surface area contributed by atoms with E-state index in [1.165, 1.54) is 0 Å². The topological polar surface area (TPSA) is 21.1 Å². The molecule has 0 saturated carbocycles. The molecule has 0 fully saturated rings. The van der Waals surface area contributed by atoms with Crippen LogP contribution < -0.4 is 0 Å². The predicted molar refractivity (Wildman–Crippen MR) is 57.4 cm³/mol. The van der Waals surface area contributed by atoms with Crippen LogP contribution in [-0.4, -0.2) is 33.4 Å². The molecule has 0 bridgehead atoms. The summed E-state index contributed by atoms with van der Waals surface area (Å²) in [6.45, 7) is 4.05. The van der Waals surface area contributed by atoms with Crippen LogP contribution in [0, 0.1) is 0 Å². The maximum Gasteiger partial charge on any atom is 0.122 e. The lowest BCUT2D eigenvalue weighted by Gasteiger charge is -2.26. The number of rotatable bonds is 3. The van der Waals surface area contributed by atoms with Crippen molar-refractivity contribution in [3.8, 4) is 0 Å². The third kappa shape index (κ3) is 2.16. The Hall–Kier alpha value is -0.800. The zero-order valence-electron chi connectivity index (χ0n) is 8.06. The van der Waals surface area contributed by atoms with Gasteiger partial charge in [0, 0.05) is 37.9 Å². The molecule has 76 valence electrons. The van der Waals surface area contributed by atoms with Gasteiger partial charge in [-0.1, -0.05) is 12.2 Å². The summed E-state index contributed by atoms with van der Waals surface area (Å²) < 4.78 is 2.21. The number of allylic oxidation sites excluding steroid dienone is 1. The van der Waals surface area contributed by atoms with Gasteiger partial charge in [-0.25, -0.2) is 4.98 Å². The van der Waals surface area contributed by atoms with Gasteiger partial charge in [0.15, 0.2) is 0 Å². The Morgan fingerprint density at radius 1 is 1.43 bits per heavy atom. The molecule has 0 amide bonds. The molecule has 0 aliphatic carbocycles. The lowest BCUT2D eigenvalue weighted by Crippen LogP contribution is -2.33. The number of halogens is 1. The van der Waals surface area contributed by atoms with Gasteiger partial charge >= 0.3 is 0 Å². The fourth-order valence-corrected chi connectivity index (χ4v) is 1.79. The fraction of sp³-hybridized carbons (Fsp3) is 0.500. The first-order chi connectivity index (χ1) is 6.90. The number of hydrogen-bond acceptors (Lipinski definition) is 2. The van der Waals surface area contributed by atoms with Crippen molar-refractivity contribution in [1.82, 2.24) is 14.5 Å². The van der Waals surface area contributed by atoms with Gasteiger partial charge in [-0.15, -0.1) is 11.6 Å². The molecule has 3 nitrogen and oxygen atoms in total. The van der Waals surface area contributed by atoms with Crippen molar-refractivity contribution in [3.05, 3.63) is 30.4 Å². The van der Waals surface area contributed by atoms with Crippen molar-refractivity contribution in [2.75, 3.05) is 19.0 Å². The van der Waals surface area contributed by atoms with Crippen LogP contribution in [0.25, 0.3) is 0 Å². The van der Waals surface area contributed by atoms with Crippen molar-refractivity contribution < 1.29 is 0 Å². The molecule has 0 saturated heterocycles. The zero-order chi connectivity index (χ0) is 9.80. The molecule has 1 aromatic rings. The van der Waals surface area contributed by atoms with Gasteiger partial charge in [0.25, 0.3) is 0 Å². The Balaban J connectivity index is 1.91. The third-order valence-electron chi connectivity index (χ3n) is 2.44. The first-order valence-electron chi connectivity index (χ1n) is 4.83. The zero-order valence-corrected chi connectivity index (χ0v) is 8.82. The molecular weight excluding hydrogens is 198 g/mol. The molecule has 2 heterocycles. The summed E-state index contributed by atoms with van der Waals surface area (Å²) in [5, 5.41) is 0. The molecule has 0 spiro atoms. The highest BCUT2D eigenvalue weighted by Crippen LogP contribution is 2.09. The Morgan fingerprint density at radius 2 is 2.36 bits per heavy atom. The van der Waals surface area contributed by atoms with Gasteiger partial charge in [0.2, 0.25) is 0 Å². The van der Waals surface area contributed by atoms with Crippen LogP contribution in [0.3, 0.4) is 0 Å². The highest BCUT2D eigenvalue weighted by atomic mass is 35.5. The lowest BCUT2D eigenvalue weighted by atomic mass is 10.3. The van der Waals surface area contributed by atoms with Crippen molar-refractivity contribution in [2.24, 2.45) is 0 Å². The Kier molecular flexibility index (Phi) is 3.22. The second-order valence-corrected chi connectivity index (χ2v) is 3.71. The SMILES string of the molecule is ClCC=CCN1CCn2ccnc2C1. The van der Waals surface area contributed by atoms with E-state index in [1.54, 1.807) is 0 Å². The standard InChI is InChI=1S/C10H14ClN3/c11-3-1-2-5-13-7-8-14-6-4-12-10(14)9-13/h1-2,4,6H,3,5,7-9H2. The van der Waals surface area contributed by atoms with E-state index in [-0.39, 0.29) is 0 Å². The highest BCUT2D eigenvalue weighted by Gasteiger charge is 2.14. The molecule has 1 aliphatic heterocycles. The Morgan fingerprint density at radius 3 is 3.21 bits per heavy atom. The maximum absolute atomic E-state index is 5.56. The molecular formula is C10H14ClN3. The van der Waals surface area contributed by atoms with E-state index in [9.17, 15) is 0 Å². The van der Waals surface area contributed by atoms with Crippen LogP contribution in [0.2, 0.25) is 0 Å². The largest absolute Gasteiger partial charge is 0.333 e. The molecule has 0 N–H and O–H groups in total. The number of hydrogen-bond donors (Lipinski definition) is 0. The number of imidazole rings is 1. The van der Waals surface area contributed by atoms with Crippen LogP contribution in [0.5, 0.6) is 0 Å². The number of fused-ring (bicyclic) bond motifs is 1. The molecule has 1 aliphatic rings. The van der Waals surface area contributed by atoms with Crippen LogP contribution in [0.4, 0.5) is 0 Å². The summed E-state index contributed by atoms with van der Waals surface area (Å²) in [7, 11) is 0. The summed E-state index contributed by atoms with van der Waals surface area (Å²) in [5.74, 6) is 1.76. The first kappa shape index (κ1) is 9.74. The fourth-order valence-electron chi connectivity index (χ4n) is 1.67. The van der Waals surface area contributed by atoms with Crippen molar-refractivity contribution >= 4 is 11.6 Å². The summed E-state index contributed by atoms with van der Waals surface area (Å²) in [5.41, 5.74) is 0. The normalized spacial score (nSPS) is 17.5. The van der Waals surface area contributed by atoms with E-state index >= 15 is 0 Å². The van der Waals surface area contributed by atoms with Gasteiger partial charge in [0.1, 0.15) is 5.82 Å². The second-order valence-electron chi connectivity index (χ2n) is 3.40. The van der Waals surface area contributed by atoms with Gasteiger partial charge in [-0.2, -0.15) is 0 Å². The van der Waals surface area contributed by atoms with Crippen molar-refractivity contribution in [3.63, 3.8) is 0 Å². The summed E-state index contributed by atoms with van der Waals surface area (Å²) in [6, 6.07) is 0. The van der Waals surface area contributed by atoms with Crippen LogP contribution in [-0.2, 0) is 13.1 Å². The van der Waals surface area contributed by atoms with E-state index in [0.717, 1.165) is 32.0 Å². The van der Waals surface area contributed by atoms with Crippen LogP contribution >= 0.6 is 11.6 Å². The quantitative estimate of drug-likeness (QED) is 0.558. The van der Waals surface area contributed by atoms with E-state index in [1.807, 2.05) is 18.5 Å². The average molecular weight is 212 g/mol. The molecule has 0 atom stereocenters. The van der Waals surface area contributed by atoms with E-state index in [0.29, 0.717) is 5.88 Å². The van der Waals surface area contributed by atoms with Crippen LogP contribution in [0.15, 0.2) is 24.5 Å². The monoisotopic (exact) mass is 211 g/mol. The van der Waals surface area contributed by atoms with Gasteiger partial charge in [-0.05, 0) is 0 Å². The molecule has 4 heteroatoms. The smallest absolute Gasteiger partial charge is 0.122 e. The highest BCUT2D eigenvalue weighted by molar-refractivity contribution is 6.18. The minimum Gasteiger partial charge on any atom is -0.333 e. The summed E-state index contributed by atoms with van der Waals surface area (Å²) >= 11 is 5.56. The molecule has 2 rings (SSSR count). The van der Waals surface area contributed by atoms with E-state index in [2.05, 4.69) is 20.5 Å². The maximum atomic E-state index is 5.56. The minimum atomic E-state index is 0.600. The number of alkyl halides is 1.